The molecule has 3 nitrogen and oxygen atoms in total. The summed E-state index contributed by atoms with van der Waals surface area (Å²) in [4.78, 5) is 7.43. The van der Waals surface area contributed by atoms with Gasteiger partial charge < -0.3 is 5.32 Å². The van der Waals surface area contributed by atoms with Gasteiger partial charge in [-0.1, -0.05) is 25.1 Å². The molecule has 2 aliphatic heterocycles. The zero-order chi connectivity index (χ0) is 12.4. The van der Waals surface area contributed by atoms with Crippen LogP contribution in [0.3, 0.4) is 0 Å². The molecule has 2 saturated heterocycles. The van der Waals surface area contributed by atoms with Gasteiger partial charge in [0.25, 0.3) is 0 Å². The largest absolute Gasteiger partial charge is 0.362 e. The van der Waals surface area contributed by atoms with Gasteiger partial charge in [-0.15, -0.1) is 0 Å². The van der Waals surface area contributed by atoms with E-state index in [4.69, 9.17) is 4.99 Å². The first kappa shape index (κ1) is 12.8. The second-order valence-electron chi connectivity index (χ2n) is 5.82. The maximum atomic E-state index is 4.85. The Hall–Kier alpha value is -0.220. The van der Waals surface area contributed by atoms with Gasteiger partial charge in [0.1, 0.15) is 0 Å². The maximum absolute atomic E-state index is 4.85. The van der Waals surface area contributed by atoms with Gasteiger partial charge in [-0.05, 0) is 44.7 Å². The molecule has 1 saturated carbocycles. The smallest absolute Gasteiger partial charge is 0.156 e. The highest BCUT2D eigenvalue weighted by atomic mass is 32.2. The van der Waals surface area contributed by atoms with E-state index < -0.39 is 0 Å². The summed E-state index contributed by atoms with van der Waals surface area (Å²) in [6.07, 6.45) is 6.87. The minimum absolute atomic E-state index is 0.700. The highest BCUT2D eigenvalue weighted by Gasteiger charge is 2.32. The molecule has 1 N–H and O–H groups in total. The van der Waals surface area contributed by atoms with Crippen molar-refractivity contribution < 1.29 is 0 Å². The van der Waals surface area contributed by atoms with Gasteiger partial charge in [0.2, 0.25) is 0 Å². The molecule has 0 aromatic rings. The number of likely N-dealkylation sites (tertiary alicyclic amines) is 1. The van der Waals surface area contributed by atoms with E-state index in [1.807, 2.05) is 11.8 Å². The van der Waals surface area contributed by atoms with E-state index >= 15 is 0 Å². The van der Waals surface area contributed by atoms with Gasteiger partial charge in [0.15, 0.2) is 5.17 Å². The van der Waals surface area contributed by atoms with Crippen LogP contribution in [0.2, 0.25) is 0 Å². The van der Waals surface area contributed by atoms with Crippen LogP contribution in [0.25, 0.3) is 0 Å². The first-order valence-corrected chi connectivity index (χ1v) is 8.53. The first-order chi connectivity index (χ1) is 8.86. The lowest BCUT2D eigenvalue weighted by atomic mass is 10.1. The summed E-state index contributed by atoms with van der Waals surface area (Å²) in [6, 6.07) is 1.43. The van der Waals surface area contributed by atoms with Gasteiger partial charge in [-0.3, -0.25) is 9.89 Å². The van der Waals surface area contributed by atoms with E-state index in [1.165, 1.54) is 56.1 Å². The SMILES string of the molecule is CCN1CCCC1CN=C1NC2CCCC2CS1. The first-order valence-electron chi connectivity index (χ1n) is 7.54. The number of fused-ring (bicyclic) bond motifs is 1. The fraction of sp³-hybridized carbons (Fsp3) is 0.929. The maximum Gasteiger partial charge on any atom is 0.156 e. The van der Waals surface area contributed by atoms with Crippen LogP contribution in [0, 0.1) is 5.92 Å². The molecular weight excluding hydrogens is 242 g/mol. The molecule has 2 heterocycles. The summed E-state index contributed by atoms with van der Waals surface area (Å²) < 4.78 is 0. The van der Waals surface area contributed by atoms with Gasteiger partial charge >= 0.3 is 0 Å². The standard InChI is InChI=1S/C14H25N3S/c1-2-17-8-4-6-12(17)9-15-14-16-13-7-3-5-11(13)10-18-14/h11-13H,2-10H2,1H3,(H,15,16). The lowest BCUT2D eigenvalue weighted by Gasteiger charge is -2.28. The average molecular weight is 267 g/mol. The summed E-state index contributed by atoms with van der Waals surface area (Å²) in [5.74, 6) is 2.20. The highest BCUT2D eigenvalue weighted by Crippen LogP contribution is 2.32. The predicted molar refractivity (Wildman–Crippen MR) is 79.3 cm³/mol. The molecule has 0 amide bonds. The van der Waals surface area contributed by atoms with E-state index in [0.29, 0.717) is 6.04 Å². The molecule has 0 aromatic heterocycles. The lowest BCUT2D eigenvalue weighted by molar-refractivity contribution is 0.273. The number of amidine groups is 1. The van der Waals surface area contributed by atoms with Crippen molar-refractivity contribution in [1.82, 2.24) is 10.2 Å². The van der Waals surface area contributed by atoms with E-state index in [0.717, 1.165) is 18.5 Å². The third kappa shape index (κ3) is 2.69. The Kier molecular flexibility index (Phi) is 4.14. The van der Waals surface area contributed by atoms with Gasteiger partial charge in [-0.2, -0.15) is 0 Å². The van der Waals surface area contributed by atoms with Crippen LogP contribution in [0.5, 0.6) is 0 Å². The molecule has 0 bridgehead atoms. The van der Waals surface area contributed by atoms with Crippen molar-refractivity contribution in [2.75, 3.05) is 25.4 Å². The summed E-state index contributed by atoms with van der Waals surface area (Å²) in [6.45, 7) is 5.72. The Morgan fingerprint density at radius 1 is 1.33 bits per heavy atom. The third-order valence-corrected chi connectivity index (χ3v) is 5.87. The molecule has 3 atom stereocenters. The van der Waals surface area contributed by atoms with E-state index in [1.54, 1.807) is 0 Å². The molecule has 0 radical (unpaired) electrons. The zero-order valence-electron chi connectivity index (χ0n) is 11.4. The van der Waals surface area contributed by atoms with E-state index in [9.17, 15) is 0 Å². The molecule has 0 spiro atoms. The highest BCUT2D eigenvalue weighted by molar-refractivity contribution is 8.13. The second-order valence-corrected chi connectivity index (χ2v) is 6.83. The van der Waals surface area contributed by atoms with Crippen molar-refractivity contribution in [3.8, 4) is 0 Å². The average Bonchev–Trinajstić information content (AvgIpc) is 3.04. The molecule has 4 heteroatoms. The van der Waals surface area contributed by atoms with Crippen molar-refractivity contribution in [3.05, 3.63) is 0 Å². The van der Waals surface area contributed by atoms with Crippen molar-refractivity contribution in [2.24, 2.45) is 10.9 Å². The monoisotopic (exact) mass is 267 g/mol. The lowest BCUT2D eigenvalue weighted by Crippen LogP contribution is -2.42. The normalized spacial score (nSPS) is 38.9. The zero-order valence-corrected chi connectivity index (χ0v) is 12.2. The Morgan fingerprint density at radius 3 is 3.17 bits per heavy atom. The fourth-order valence-corrected chi connectivity index (χ4v) is 4.78. The van der Waals surface area contributed by atoms with Crippen LogP contribution in [0.1, 0.15) is 39.0 Å². The number of nitrogens with one attached hydrogen (secondary N) is 1. The van der Waals surface area contributed by atoms with Crippen molar-refractivity contribution >= 4 is 16.9 Å². The van der Waals surface area contributed by atoms with Crippen LogP contribution in [-0.2, 0) is 0 Å². The van der Waals surface area contributed by atoms with Crippen LogP contribution < -0.4 is 5.32 Å². The number of hydrogen-bond acceptors (Lipinski definition) is 3. The minimum Gasteiger partial charge on any atom is -0.362 e. The Balaban J connectivity index is 1.53. The molecular formula is C14H25N3S. The number of aliphatic imine (C=N–C) groups is 1. The summed E-state index contributed by atoms with van der Waals surface area (Å²) >= 11 is 1.95. The topological polar surface area (TPSA) is 27.6 Å². The minimum atomic E-state index is 0.700. The Morgan fingerprint density at radius 2 is 2.28 bits per heavy atom. The van der Waals surface area contributed by atoms with Gasteiger partial charge in [-0.25, -0.2) is 0 Å². The quantitative estimate of drug-likeness (QED) is 0.850. The van der Waals surface area contributed by atoms with Crippen LogP contribution >= 0.6 is 11.8 Å². The molecule has 102 valence electrons. The molecule has 3 aliphatic rings. The van der Waals surface area contributed by atoms with Crippen LogP contribution in [0.4, 0.5) is 0 Å². The van der Waals surface area contributed by atoms with E-state index in [-0.39, 0.29) is 0 Å². The Labute approximate surface area is 115 Å². The van der Waals surface area contributed by atoms with Crippen LogP contribution in [-0.4, -0.2) is 47.5 Å². The Bertz CT molecular complexity index is 318. The number of likely N-dealkylation sites (N-methyl/N-ethyl adjacent to an activating group) is 1. The van der Waals surface area contributed by atoms with Gasteiger partial charge in [0, 0.05) is 17.8 Å². The molecule has 3 rings (SSSR count). The van der Waals surface area contributed by atoms with E-state index in [2.05, 4.69) is 17.1 Å². The molecule has 3 unspecified atom stereocenters. The summed E-state index contributed by atoms with van der Waals surface area (Å²) in [5, 5.41) is 4.89. The molecule has 3 fully saturated rings. The van der Waals surface area contributed by atoms with Crippen molar-refractivity contribution in [3.63, 3.8) is 0 Å². The number of hydrogen-bond donors (Lipinski definition) is 1. The molecule has 0 aromatic carbocycles. The summed E-state index contributed by atoms with van der Waals surface area (Å²) in [5.41, 5.74) is 0. The molecule has 1 aliphatic carbocycles. The van der Waals surface area contributed by atoms with Gasteiger partial charge in [0.05, 0.1) is 6.54 Å². The molecule has 18 heavy (non-hydrogen) atoms. The van der Waals surface area contributed by atoms with Crippen molar-refractivity contribution in [1.29, 1.82) is 0 Å². The predicted octanol–water partition coefficient (Wildman–Crippen LogP) is 2.33. The number of nitrogens with zero attached hydrogens (tertiary/aromatic N) is 2. The number of thioether (sulfide) groups is 1. The van der Waals surface area contributed by atoms with Crippen LogP contribution in [0.15, 0.2) is 4.99 Å². The third-order valence-electron chi connectivity index (χ3n) is 4.75. The second kappa shape index (κ2) is 5.83. The summed E-state index contributed by atoms with van der Waals surface area (Å²) in [7, 11) is 0. The van der Waals surface area contributed by atoms with Crippen molar-refractivity contribution in [2.45, 2.75) is 51.1 Å². The number of rotatable bonds is 3. The fourth-order valence-electron chi connectivity index (χ4n) is 3.61.